The quantitative estimate of drug-likeness (QED) is 0.292. The third kappa shape index (κ3) is 7.83. The van der Waals surface area contributed by atoms with Crippen LogP contribution in [0.3, 0.4) is 0 Å². The van der Waals surface area contributed by atoms with Gasteiger partial charge in [0.05, 0.1) is 12.7 Å². The van der Waals surface area contributed by atoms with Crippen LogP contribution in [0.15, 0.2) is 43.4 Å². The highest BCUT2D eigenvalue weighted by atomic mass is 79.9. The Balaban J connectivity index is 0.000000211. The molecule has 6 heterocycles. The predicted octanol–water partition coefficient (Wildman–Crippen LogP) is 3.18. The average molecular weight is 727 g/mol. The summed E-state index contributed by atoms with van der Waals surface area (Å²) in [4.78, 5) is 59.6. The molecule has 0 spiro atoms. The molecule has 1 aromatic carbocycles. The first-order valence-corrected chi connectivity index (χ1v) is 18.8. The Morgan fingerprint density at radius 3 is 1.90 bits per heavy atom. The summed E-state index contributed by atoms with van der Waals surface area (Å²) < 4.78 is 12.2. The van der Waals surface area contributed by atoms with Crippen molar-refractivity contribution in [3.05, 3.63) is 89.0 Å². The molecule has 4 aliphatic rings. The van der Waals surface area contributed by atoms with Crippen molar-refractivity contribution in [1.82, 2.24) is 33.1 Å². The molecular weight excluding hydrogens is 678 g/mol. The minimum Gasteiger partial charge on any atom is -0.373 e. The smallest absolute Gasteiger partial charge is 0.353 e. The normalized spacial score (nSPS) is 21.7. The van der Waals surface area contributed by atoms with Crippen molar-refractivity contribution in [3.63, 3.8) is 0 Å². The van der Waals surface area contributed by atoms with E-state index >= 15 is 0 Å². The van der Waals surface area contributed by atoms with Gasteiger partial charge in [0.25, 0.3) is 0 Å². The molecule has 2 unspecified atom stereocenters. The SMILES string of the molecule is Cc1ccccc1COC1CC2CCC(C1)N2CCCn1c(=O)nc2n(c1=O)CCCC2.O=c1nc2n(c(=O)n1CCCBr)CCCC2. The van der Waals surface area contributed by atoms with Crippen molar-refractivity contribution in [2.75, 3.05) is 11.9 Å². The van der Waals surface area contributed by atoms with Crippen molar-refractivity contribution in [1.29, 1.82) is 0 Å². The molecule has 2 atom stereocenters. The molecule has 4 aliphatic heterocycles. The predicted molar refractivity (Wildman–Crippen MR) is 187 cm³/mol. The molecule has 2 bridgehead atoms. The lowest BCUT2D eigenvalue weighted by atomic mass is 9.99. The Labute approximate surface area is 288 Å². The average Bonchev–Trinajstić information content (AvgIpc) is 3.32. The van der Waals surface area contributed by atoms with Gasteiger partial charge in [0.1, 0.15) is 11.6 Å². The third-order valence-electron chi connectivity index (χ3n) is 10.4. The third-order valence-corrected chi connectivity index (χ3v) is 11.0. The first-order valence-electron chi connectivity index (χ1n) is 17.7. The number of fused-ring (bicyclic) bond motifs is 4. The Hall–Kier alpha value is -3.16. The van der Waals surface area contributed by atoms with E-state index in [2.05, 4.69) is 62.0 Å². The zero-order valence-electron chi connectivity index (χ0n) is 28.0. The Morgan fingerprint density at radius 1 is 0.771 bits per heavy atom. The molecule has 0 radical (unpaired) electrons. The van der Waals surface area contributed by atoms with Crippen LogP contribution in [-0.2, 0) is 50.4 Å². The molecule has 48 heavy (non-hydrogen) atoms. The number of aryl methyl sites for hydroxylation is 3. The lowest BCUT2D eigenvalue weighted by Crippen LogP contribution is -2.47. The highest BCUT2D eigenvalue weighted by Crippen LogP contribution is 2.37. The zero-order chi connectivity index (χ0) is 33.6. The summed E-state index contributed by atoms with van der Waals surface area (Å²) in [5.74, 6) is 1.31. The molecule has 7 rings (SSSR count). The van der Waals surface area contributed by atoms with Crippen molar-refractivity contribution in [3.8, 4) is 0 Å². The van der Waals surface area contributed by atoms with Crippen LogP contribution in [0, 0.1) is 6.92 Å². The van der Waals surface area contributed by atoms with Crippen LogP contribution in [0.5, 0.6) is 0 Å². The van der Waals surface area contributed by atoms with Crippen LogP contribution in [0.2, 0.25) is 0 Å². The minimum absolute atomic E-state index is 0.175. The van der Waals surface area contributed by atoms with Crippen LogP contribution in [0.4, 0.5) is 0 Å². The maximum Gasteiger partial charge on any atom is 0.353 e. The van der Waals surface area contributed by atoms with Crippen LogP contribution in [0.25, 0.3) is 0 Å². The van der Waals surface area contributed by atoms with Gasteiger partial charge in [-0.05, 0) is 82.3 Å². The summed E-state index contributed by atoms with van der Waals surface area (Å²) in [6.45, 7) is 6.02. The number of hydrogen-bond donors (Lipinski definition) is 0. The Bertz CT molecular complexity index is 1800. The number of piperidine rings is 1. The summed E-state index contributed by atoms with van der Waals surface area (Å²) >= 11 is 3.29. The molecular formula is C35H48BrN7O5. The molecule has 3 aromatic rings. The standard InChI is InChI=1S/C25H34N4O3.C10H14BrN3O2/c1-18-7-2-3-8-19(18)17-32-22-15-20-10-11-21(16-22)27(20)13-6-14-29-24(30)26-23-9-4-5-12-28(23)25(29)31;11-5-3-7-14-9(15)12-8-4-1-2-6-13(8)10(14)16/h2-3,7-8,20-22H,4-6,9-17H2,1H3;1-7H2. The van der Waals surface area contributed by atoms with E-state index in [0.717, 1.165) is 76.1 Å². The van der Waals surface area contributed by atoms with Gasteiger partial charge in [-0.2, -0.15) is 9.97 Å². The molecule has 260 valence electrons. The summed E-state index contributed by atoms with van der Waals surface area (Å²) in [5.41, 5.74) is 1.41. The maximum absolute atomic E-state index is 12.8. The first kappa shape index (κ1) is 34.7. The zero-order valence-corrected chi connectivity index (χ0v) is 29.6. The highest BCUT2D eigenvalue weighted by Gasteiger charge is 2.40. The second-order valence-corrected chi connectivity index (χ2v) is 14.3. The minimum atomic E-state index is -0.404. The van der Waals surface area contributed by atoms with Gasteiger partial charge in [-0.15, -0.1) is 0 Å². The fourth-order valence-corrected chi connectivity index (χ4v) is 8.04. The van der Waals surface area contributed by atoms with E-state index < -0.39 is 5.69 Å². The number of hydrogen-bond acceptors (Lipinski definition) is 8. The number of benzene rings is 1. The number of halogens is 1. The van der Waals surface area contributed by atoms with Crippen LogP contribution in [-0.4, -0.2) is 63.2 Å². The Kier molecular flexibility index (Phi) is 11.6. The lowest BCUT2D eigenvalue weighted by Gasteiger charge is -2.39. The lowest BCUT2D eigenvalue weighted by molar-refractivity contribution is -0.0287. The van der Waals surface area contributed by atoms with Gasteiger partial charge in [0.15, 0.2) is 0 Å². The van der Waals surface area contributed by atoms with Gasteiger partial charge in [0.2, 0.25) is 0 Å². The number of ether oxygens (including phenoxy) is 1. The summed E-state index contributed by atoms with van der Waals surface area (Å²) in [5, 5.41) is 0.778. The van der Waals surface area contributed by atoms with E-state index in [4.69, 9.17) is 4.74 Å². The van der Waals surface area contributed by atoms with Gasteiger partial charge in [-0.3, -0.25) is 14.0 Å². The van der Waals surface area contributed by atoms with Gasteiger partial charge in [-0.1, -0.05) is 40.2 Å². The molecule has 0 amide bonds. The van der Waals surface area contributed by atoms with E-state index in [1.54, 1.807) is 9.13 Å². The summed E-state index contributed by atoms with van der Waals surface area (Å²) in [7, 11) is 0. The van der Waals surface area contributed by atoms with Gasteiger partial charge < -0.3 is 4.74 Å². The van der Waals surface area contributed by atoms with Crippen LogP contribution in [0.1, 0.15) is 87.0 Å². The largest absolute Gasteiger partial charge is 0.373 e. The first-order chi connectivity index (χ1) is 23.3. The topological polar surface area (TPSA) is 126 Å². The number of aromatic nitrogens is 6. The molecule has 12 nitrogen and oxygen atoms in total. The van der Waals surface area contributed by atoms with E-state index in [-0.39, 0.29) is 17.1 Å². The second-order valence-electron chi connectivity index (χ2n) is 13.6. The van der Waals surface area contributed by atoms with E-state index in [9.17, 15) is 19.2 Å². The molecule has 2 aromatic heterocycles. The second kappa shape index (κ2) is 16.0. The molecule has 0 N–H and O–H groups in total. The van der Waals surface area contributed by atoms with E-state index in [1.165, 1.54) is 33.1 Å². The molecule has 0 aliphatic carbocycles. The fraction of sp³-hybridized carbons (Fsp3) is 0.657. The van der Waals surface area contributed by atoms with E-state index in [0.29, 0.717) is 62.6 Å². The molecule has 2 saturated heterocycles. The van der Waals surface area contributed by atoms with Crippen molar-refractivity contribution in [2.24, 2.45) is 0 Å². The maximum atomic E-state index is 12.8. The van der Waals surface area contributed by atoms with Crippen LogP contribution >= 0.6 is 15.9 Å². The molecule has 13 heteroatoms. The molecule has 2 fully saturated rings. The molecule has 0 saturated carbocycles. The van der Waals surface area contributed by atoms with Crippen molar-refractivity contribution in [2.45, 2.75) is 135 Å². The van der Waals surface area contributed by atoms with Gasteiger partial charge in [-0.25, -0.2) is 28.3 Å². The summed E-state index contributed by atoms with van der Waals surface area (Å²) in [6, 6.07) is 9.54. The number of rotatable bonds is 10. The van der Waals surface area contributed by atoms with Gasteiger partial charge >= 0.3 is 22.8 Å². The van der Waals surface area contributed by atoms with Gasteiger partial charge in [0, 0.05) is 63.0 Å². The number of nitrogens with zero attached hydrogens (tertiary/aromatic N) is 7. The number of alkyl halides is 1. The monoisotopic (exact) mass is 725 g/mol. The van der Waals surface area contributed by atoms with E-state index in [1.807, 2.05) is 0 Å². The Morgan fingerprint density at radius 2 is 1.33 bits per heavy atom. The summed E-state index contributed by atoms with van der Waals surface area (Å²) in [6.07, 6.45) is 11.9. The van der Waals surface area contributed by atoms with Crippen molar-refractivity contribution >= 4 is 15.9 Å². The van der Waals surface area contributed by atoms with Crippen LogP contribution < -0.4 is 22.8 Å². The highest BCUT2D eigenvalue weighted by molar-refractivity contribution is 9.09. The van der Waals surface area contributed by atoms with Crippen molar-refractivity contribution < 1.29 is 4.74 Å². The fourth-order valence-electron chi connectivity index (χ4n) is 7.79.